The highest BCUT2D eigenvalue weighted by Crippen LogP contribution is 2.49. The van der Waals surface area contributed by atoms with Gasteiger partial charge >= 0.3 is 0 Å². The molecule has 2 heterocycles. The molecule has 0 amide bonds. The number of nitrogens with one attached hydrogen (secondary N) is 1. The lowest BCUT2D eigenvalue weighted by Gasteiger charge is -2.52. The van der Waals surface area contributed by atoms with Gasteiger partial charge in [-0.1, -0.05) is 18.2 Å². The summed E-state index contributed by atoms with van der Waals surface area (Å²) in [6.45, 7) is 4.93. The van der Waals surface area contributed by atoms with E-state index in [9.17, 15) is 5.11 Å². The van der Waals surface area contributed by atoms with Crippen LogP contribution >= 0.6 is 0 Å². The Balaban J connectivity index is 2.04. The first-order valence-electron chi connectivity index (χ1n) is 7.97. The number of piperidine rings is 1. The highest BCUT2D eigenvalue weighted by molar-refractivity contribution is 5.44. The quantitative estimate of drug-likeness (QED) is 0.787. The normalized spacial score (nSPS) is 31.9. The molecule has 4 heteroatoms. The Labute approximate surface area is 126 Å². The summed E-state index contributed by atoms with van der Waals surface area (Å²) in [6.07, 6.45) is 2.93. The number of hydrogen-bond donors (Lipinski definition) is 3. The molecule has 3 atom stereocenters. The number of para-hydroxylation sites is 1. The Morgan fingerprint density at radius 3 is 3.00 bits per heavy atom. The van der Waals surface area contributed by atoms with Crippen molar-refractivity contribution in [2.24, 2.45) is 11.7 Å². The van der Waals surface area contributed by atoms with E-state index in [2.05, 4.69) is 11.4 Å². The summed E-state index contributed by atoms with van der Waals surface area (Å²) in [4.78, 5) is 0. The van der Waals surface area contributed by atoms with E-state index >= 15 is 0 Å². The summed E-state index contributed by atoms with van der Waals surface area (Å²) in [5, 5.41) is 14.9. The van der Waals surface area contributed by atoms with E-state index in [0.717, 1.165) is 43.7 Å². The third-order valence-electron chi connectivity index (χ3n) is 5.60. The molecule has 0 aromatic heterocycles. The van der Waals surface area contributed by atoms with Gasteiger partial charge < -0.3 is 20.9 Å². The first-order chi connectivity index (χ1) is 10.1. The van der Waals surface area contributed by atoms with Crippen LogP contribution in [0.3, 0.4) is 0 Å². The van der Waals surface area contributed by atoms with Gasteiger partial charge in [0.25, 0.3) is 0 Å². The SMILES string of the molecule is CC(O)(C1CCCNC1)C1(CN)CCOc2ccccc21. The van der Waals surface area contributed by atoms with Crippen LogP contribution in [-0.4, -0.2) is 36.9 Å². The van der Waals surface area contributed by atoms with Crippen LogP contribution in [0.4, 0.5) is 0 Å². The fourth-order valence-electron chi connectivity index (χ4n) is 4.12. The molecule has 4 nitrogen and oxygen atoms in total. The second-order valence-corrected chi connectivity index (χ2v) is 6.57. The molecule has 3 unspecified atom stereocenters. The van der Waals surface area contributed by atoms with Crippen molar-refractivity contribution < 1.29 is 9.84 Å². The summed E-state index contributed by atoms with van der Waals surface area (Å²) in [7, 11) is 0. The van der Waals surface area contributed by atoms with Crippen molar-refractivity contribution in [3.05, 3.63) is 29.8 Å². The molecule has 2 aliphatic rings. The molecule has 1 aromatic rings. The topological polar surface area (TPSA) is 67.5 Å². The van der Waals surface area contributed by atoms with Crippen molar-refractivity contribution in [1.82, 2.24) is 5.32 Å². The lowest BCUT2D eigenvalue weighted by molar-refractivity contribution is -0.0888. The van der Waals surface area contributed by atoms with Crippen LogP contribution in [0.2, 0.25) is 0 Å². The number of aliphatic hydroxyl groups is 1. The molecule has 0 aliphatic carbocycles. The molecule has 4 N–H and O–H groups in total. The van der Waals surface area contributed by atoms with Crippen molar-refractivity contribution >= 4 is 0 Å². The van der Waals surface area contributed by atoms with Gasteiger partial charge in [-0.15, -0.1) is 0 Å². The van der Waals surface area contributed by atoms with E-state index in [1.807, 2.05) is 25.1 Å². The van der Waals surface area contributed by atoms with E-state index < -0.39 is 11.0 Å². The van der Waals surface area contributed by atoms with Crippen molar-refractivity contribution in [3.63, 3.8) is 0 Å². The zero-order valence-corrected chi connectivity index (χ0v) is 12.8. The third-order valence-corrected chi connectivity index (χ3v) is 5.60. The number of hydrogen-bond acceptors (Lipinski definition) is 4. The summed E-state index contributed by atoms with van der Waals surface area (Å²) in [5.74, 6) is 1.10. The summed E-state index contributed by atoms with van der Waals surface area (Å²) in [6, 6.07) is 8.02. The molecule has 0 bridgehead atoms. The molecule has 1 aromatic carbocycles. The van der Waals surface area contributed by atoms with Crippen LogP contribution in [0.25, 0.3) is 0 Å². The van der Waals surface area contributed by atoms with E-state index in [4.69, 9.17) is 10.5 Å². The predicted molar refractivity (Wildman–Crippen MR) is 83.5 cm³/mol. The molecule has 116 valence electrons. The second-order valence-electron chi connectivity index (χ2n) is 6.57. The average molecular weight is 290 g/mol. The van der Waals surface area contributed by atoms with Crippen LogP contribution in [-0.2, 0) is 5.41 Å². The van der Waals surface area contributed by atoms with Crippen molar-refractivity contribution in [1.29, 1.82) is 0 Å². The van der Waals surface area contributed by atoms with Gasteiger partial charge in [0, 0.05) is 30.0 Å². The van der Waals surface area contributed by atoms with Crippen LogP contribution < -0.4 is 15.8 Å². The highest BCUT2D eigenvalue weighted by atomic mass is 16.5. The van der Waals surface area contributed by atoms with Gasteiger partial charge in [0.05, 0.1) is 12.2 Å². The minimum absolute atomic E-state index is 0.223. The first kappa shape index (κ1) is 14.8. The van der Waals surface area contributed by atoms with Gasteiger partial charge in [-0.25, -0.2) is 0 Å². The Bertz CT molecular complexity index is 497. The van der Waals surface area contributed by atoms with Crippen molar-refractivity contribution in [2.45, 2.75) is 37.2 Å². The van der Waals surface area contributed by atoms with Crippen LogP contribution in [0.15, 0.2) is 24.3 Å². The number of fused-ring (bicyclic) bond motifs is 1. The minimum atomic E-state index is -0.838. The van der Waals surface area contributed by atoms with Crippen molar-refractivity contribution in [3.8, 4) is 5.75 Å². The number of ether oxygens (including phenoxy) is 1. The van der Waals surface area contributed by atoms with Crippen LogP contribution in [0.5, 0.6) is 5.75 Å². The molecule has 0 saturated carbocycles. The second kappa shape index (κ2) is 5.59. The highest BCUT2D eigenvalue weighted by Gasteiger charge is 2.53. The Hall–Kier alpha value is -1.10. The number of rotatable bonds is 3. The minimum Gasteiger partial charge on any atom is -0.493 e. The Kier molecular flexibility index (Phi) is 3.95. The average Bonchev–Trinajstić information content (AvgIpc) is 2.55. The molecule has 21 heavy (non-hydrogen) atoms. The van der Waals surface area contributed by atoms with Gasteiger partial charge in [-0.2, -0.15) is 0 Å². The first-order valence-corrected chi connectivity index (χ1v) is 7.97. The monoisotopic (exact) mass is 290 g/mol. The molecular weight excluding hydrogens is 264 g/mol. The van der Waals surface area contributed by atoms with Crippen molar-refractivity contribution in [2.75, 3.05) is 26.2 Å². The lowest BCUT2D eigenvalue weighted by atomic mass is 9.59. The van der Waals surface area contributed by atoms with Crippen LogP contribution in [0.1, 0.15) is 31.7 Å². The fourth-order valence-corrected chi connectivity index (χ4v) is 4.12. The molecule has 2 aliphatic heterocycles. The summed E-state index contributed by atoms with van der Waals surface area (Å²) < 4.78 is 5.78. The van der Waals surface area contributed by atoms with E-state index in [-0.39, 0.29) is 5.92 Å². The Morgan fingerprint density at radius 1 is 1.48 bits per heavy atom. The predicted octanol–water partition coefficient (Wildman–Crippen LogP) is 1.42. The maximum Gasteiger partial charge on any atom is 0.123 e. The molecule has 3 rings (SSSR count). The standard InChI is InChI=1S/C17H26N2O2/c1-16(20,13-5-4-9-19-11-13)17(12-18)8-10-21-15-7-3-2-6-14(15)17/h2-3,6-7,13,19-20H,4-5,8-12,18H2,1H3. The van der Waals surface area contributed by atoms with Gasteiger partial charge in [0.1, 0.15) is 5.75 Å². The molecule has 0 radical (unpaired) electrons. The number of nitrogens with two attached hydrogens (primary N) is 1. The maximum atomic E-state index is 11.5. The molecule has 0 spiro atoms. The summed E-state index contributed by atoms with van der Waals surface area (Å²) >= 11 is 0. The van der Waals surface area contributed by atoms with Crippen LogP contribution in [0, 0.1) is 5.92 Å². The van der Waals surface area contributed by atoms with Gasteiger partial charge in [0.15, 0.2) is 0 Å². The Morgan fingerprint density at radius 2 is 2.29 bits per heavy atom. The maximum absolute atomic E-state index is 11.5. The van der Waals surface area contributed by atoms with E-state index in [0.29, 0.717) is 13.2 Å². The molecule has 1 saturated heterocycles. The zero-order valence-electron chi connectivity index (χ0n) is 12.8. The van der Waals surface area contributed by atoms with Gasteiger partial charge in [0.2, 0.25) is 0 Å². The smallest absolute Gasteiger partial charge is 0.123 e. The van der Waals surface area contributed by atoms with Gasteiger partial charge in [-0.3, -0.25) is 0 Å². The van der Waals surface area contributed by atoms with E-state index in [1.165, 1.54) is 0 Å². The third kappa shape index (κ3) is 2.26. The summed E-state index contributed by atoms with van der Waals surface area (Å²) in [5.41, 5.74) is 6.01. The van der Waals surface area contributed by atoms with E-state index in [1.54, 1.807) is 0 Å². The van der Waals surface area contributed by atoms with Gasteiger partial charge in [-0.05, 0) is 38.8 Å². The molecular formula is C17H26N2O2. The zero-order chi connectivity index (χ0) is 14.9. The number of benzene rings is 1. The largest absolute Gasteiger partial charge is 0.493 e. The fraction of sp³-hybridized carbons (Fsp3) is 0.647. The lowest BCUT2D eigenvalue weighted by Crippen LogP contribution is -2.62. The molecule has 1 fully saturated rings.